The molecule has 0 saturated heterocycles. The molecule has 0 atom stereocenters. The highest BCUT2D eigenvalue weighted by Gasteiger charge is 2.09. The monoisotopic (exact) mass is 262 g/mol. The molecule has 6 heteroatoms. The van der Waals surface area contributed by atoms with Crippen LogP contribution < -0.4 is 10.1 Å². The molecule has 0 aliphatic rings. The third-order valence-electron chi connectivity index (χ3n) is 2.12. The van der Waals surface area contributed by atoms with E-state index in [0.29, 0.717) is 17.9 Å². The molecule has 1 aromatic carbocycles. The van der Waals surface area contributed by atoms with Gasteiger partial charge in [0.15, 0.2) is 0 Å². The Morgan fingerprint density at radius 1 is 1.53 bits per heavy atom. The second-order valence-electron chi connectivity index (χ2n) is 3.58. The maximum absolute atomic E-state index is 10.7. The smallest absolute Gasteiger partial charge is 0.270 e. The molecule has 0 radical (unpaired) electrons. The predicted octanol–water partition coefficient (Wildman–Crippen LogP) is 1.48. The molecule has 0 heterocycles. The maximum atomic E-state index is 10.7. The summed E-state index contributed by atoms with van der Waals surface area (Å²) in [7, 11) is 0. The number of amides is 1. The van der Waals surface area contributed by atoms with E-state index >= 15 is 0 Å². The Morgan fingerprint density at radius 3 is 2.84 bits per heavy atom. The van der Waals surface area contributed by atoms with Crippen molar-refractivity contribution in [3.63, 3.8) is 0 Å². The highest BCUT2D eigenvalue weighted by atomic mass is 16.6. The van der Waals surface area contributed by atoms with Gasteiger partial charge in [-0.05, 0) is 13.0 Å². The van der Waals surface area contributed by atoms with Crippen molar-refractivity contribution in [3.05, 3.63) is 33.9 Å². The third kappa shape index (κ3) is 4.68. The van der Waals surface area contributed by atoms with Crippen molar-refractivity contribution in [2.24, 2.45) is 0 Å². The van der Waals surface area contributed by atoms with Crippen molar-refractivity contribution in [2.75, 3.05) is 13.2 Å². The lowest BCUT2D eigenvalue weighted by Crippen LogP contribution is -2.19. The number of hydrogen-bond donors (Lipinski definition) is 1. The molecule has 6 nitrogen and oxygen atoms in total. The Kier molecular flexibility index (Phi) is 5.35. The van der Waals surface area contributed by atoms with Gasteiger partial charge in [0.05, 0.1) is 23.6 Å². The van der Waals surface area contributed by atoms with Gasteiger partial charge in [-0.25, -0.2) is 0 Å². The summed E-state index contributed by atoms with van der Waals surface area (Å²) in [5.41, 5.74) is 0.383. The molecular formula is C13H14N2O4. The minimum absolute atomic E-state index is 0.0488. The van der Waals surface area contributed by atoms with Crippen LogP contribution in [0.25, 0.3) is 0 Å². The number of nitrogens with one attached hydrogen (secondary N) is 1. The number of nitrogens with zero attached hydrogens (tertiary/aromatic N) is 1. The van der Waals surface area contributed by atoms with Crippen molar-refractivity contribution >= 4 is 11.6 Å². The maximum Gasteiger partial charge on any atom is 0.270 e. The number of carbonyl (C=O) groups is 1. The number of non-ortho nitro benzene ring substituents is 1. The molecule has 19 heavy (non-hydrogen) atoms. The topological polar surface area (TPSA) is 81.5 Å². The Labute approximate surface area is 110 Å². The Morgan fingerprint density at radius 2 is 2.26 bits per heavy atom. The Balaban J connectivity index is 2.96. The summed E-state index contributed by atoms with van der Waals surface area (Å²) in [6.07, 6.45) is 0. The van der Waals surface area contributed by atoms with E-state index in [9.17, 15) is 14.9 Å². The minimum Gasteiger partial charge on any atom is -0.493 e. The van der Waals surface area contributed by atoms with Crippen LogP contribution in [0.3, 0.4) is 0 Å². The van der Waals surface area contributed by atoms with Gasteiger partial charge in [-0.3, -0.25) is 14.9 Å². The molecule has 1 N–H and O–H groups in total. The molecule has 0 aromatic heterocycles. The van der Waals surface area contributed by atoms with Crippen LogP contribution >= 0.6 is 0 Å². The van der Waals surface area contributed by atoms with Crippen molar-refractivity contribution in [1.82, 2.24) is 5.32 Å². The molecule has 0 fully saturated rings. The van der Waals surface area contributed by atoms with Gasteiger partial charge in [-0.15, -0.1) is 0 Å². The summed E-state index contributed by atoms with van der Waals surface area (Å²) >= 11 is 0. The van der Waals surface area contributed by atoms with Gasteiger partial charge < -0.3 is 10.1 Å². The summed E-state index contributed by atoms with van der Waals surface area (Å²) in [5.74, 6) is 5.78. The number of nitro groups is 1. The minimum atomic E-state index is -0.491. The Bertz CT molecular complexity index is 543. The van der Waals surface area contributed by atoms with E-state index in [2.05, 4.69) is 17.2 Å². The van der Waals surface area contributed by atoms with Gasteiger partial charge in [0.25, 0.3) is 5.69 Å². The first kappa shape index (κ1) is 14.5. The van der Waals surface area contributed by atoms with Crippen LogP contribution in [0.1, 0.15) is 19.4 Å². The van der Waals surface area contributed by atoms with E-state index < -0.39 is 4.92 Å². The van der Waals surface area contributed by atoms with Crippen LogP contribution in [0.2, 0.25) is 0 Å². The van der Waals surface area contributed by atoms with Gasteiger partial charge in [0.1, 0.15) is 5.75 Å². The van der Waals surface area contributed by atoms with Crippen molar-refractivity contribution < 1.29 is 14.5 Å². The van der Waals surface area contributed by atoms with Gasteiger partial charge in [-0.1, -0.05) is 11.8 Å². The molecule has 100 valence electrons. The number of nitro benzene ring substituents is 1. The molecule has 1 aromatic rings. The van der Waals surface area contributed by atoms with Gasteiger partial charge >= 0.3 is 0 Å². The van der Waals surface area contributed by atoms with Crippen LogP contribution in [0.4, 0.5) is 5.69 Å². The second-order valence-corrected chi connectivity index (χ2v) is 3.58. The summed E-state index contributed by atoms with van der Waals surface area (Å²) in [5, 5.41) is 13.2. The quantitative estimate of drug-likeness (QED) is 0.506. The SMILES string of the molecule is CCOc1ccc([N+](=O)[O-])cc1C#CCNC(C)=O. The largest absolute Gasteiger partial charge is 0.493 e. The molecule has 0 unspecified atom stereocenters. The summed E-state index contributed by atoms with van der Waals surface area (Å²) in [6, 6.07) is 4.24. The van der Waals surface area contributed by atoms with E-state index in [0.717, 1.165) is 0 Å². The first-order valence-corrected chi connectivity index (χ1v) is 5.69. The van der Waals surface area contributed by atoms with Crippen LogP contribution in [0, 0.1) is 22.0 Å². The van der Waals surface area contributed by atoms with Crippen molar-refractivity contribution in [1.29, 1.82) is 0 Å². The normalized spacial score (nSPS) is 9.16. The van der Waals surface area contributed by atoms with E-state index in [4.69, 9.17) is 4.74 Å². The second kappa shape index (κ2) is 7.01. The highest BCUT2D eigenvalue weighted by Crippen LogP contribution is 2.23. The van der Waals surface area contributed by atoms with Crippen molar-refractivity contribution in [2.45, 2.75) is 13.8 Å². The standard InChI is InChI=1S/C13H14N2O4/c1-3-19-13-7-6-12(15(17)18)9-11(13)5-4-8-14-10(2)16/h6-7,9H,3,8H2,1-2H3,(H,14,16). The number of benzene rings is 1. The first-order valence-electron chi connectivity index (χ1n) is 5.69. The van der Waals surface area contributed by atoms with Gasteiger partial charge in [-0.2, -0.15) is 0 Å². The fraction of sp³-hybridized carbons (Fsp3) is 0.308. The third-order valence-corrected chi connectivity index (χ3v) is 2.12. The zero-order valence-electron chi connectivity index (χ0n) is 10.7. The average molecular weight is 262 g/mol. The molecule has 1 rings (SSSR count). The van der Waals surface area contributed by atoms with E-state index in [-0.39, 0.29) is 18.1 Å². The number of ether oxygens (including phenoxy) is 1. The molecule has 0 saturated carbocycles. The van der Waals surface area contributed by atoms with Crippen molar-refractivity contribution in [3.8, 4) is 17.6 Å². The number of rotatable bonds is 4. The molecular weight excluding hydrogens is 248 g/mol. The van der Waals surface area contributed by atoms with Gasteiger partial charge in [0, 0.05) is 19.1 Å². The average Bonchev–Trinajstić information content (AvgIpc) is 2.36. The number of carbonyl (C=O) groups excluding carboxylic acids is 1. The molecule has 0 spiro atoms. The number of hydrogen-bond acceptors (Lipinski definition) is 4. The van der Waals surface area contributed by atoms with Crippen LogP contribution in [0.15, 0.2) is 18.2 Å². The molecule has 0 aliphatic carbocycles. The lowest BCUT2D eigenvalue weighted by atomic mass is 10.2. The lowest BCUT2D eigenvalue weighted by molar-refractivity contribution is -0.384. The van der Waals surface area contributed by atoms with Crippen LogP contribution in [0.5, 0.6) is 5.75 Å². The zero-order chi connectivity index (χ0) is 14.3. The summed E-state index contributed by atoms with van der Waals surface area (Å²) in [6.45, 7) is 3.83. The van der Waals surface area contributed by atoms with E-state index in [1.165, 1.54) is 25.1 Å². The molecule has 0 bridgehead atoms. The summed E-state index contributed by atoms with van der Waals surface area (Å²) in [4.78, 5) is 20.9. The van der Waals surface area contributed by atoms with E-state index in [1.807, 2.05) is 6.92 Å². The highest BCUT2D eigenvalue weighted by molar-refractivity contribution is 5.73. The predicted molar refractivity (Wildman–Crippen MR) is 69.8 cm³/mol. The lowest BCUT2D eigenvalue weighted by Gasteiger charge is -2.05. The molecule has 1 amide bonds. The van der Waals surface area contributed by atoms with E-state index in [1.54, 1.807) is 0 Å². The fourth-order valence-electron chi connectivity index (χ4n) is 1.32. The zero-order valence-corrected chi connectivity index (χ0v) is 10.7. The van der Waals surface area contributed by atoms with Crippen LogP contribution in [-0.4, -0.2) is 24.0 Å². The van der Waals surface area contributed by atoms with Crippen LogP contribution in [-0.2, 0) is 4.79 Å². The summed E-state index contributed by atoms with van der Waals surface area (Å²) < 4.78 is 5.34. The molecule has 0 aliphatic heterocycles. The first-order chi connectivity index (χ1) is 9.04. The Hall–Kier alpha value is -2.55. The fourth-order valence-corrected chi connectivity index (χ4v) is 1.32. The van der Waals surface area contributed by atoms with Gasteiger partial charge in [0.2, 0.25) is 5.91 Å².